The van der Waals surface area contributed by atoms with Gasteiger partial charge in [-0.2, -0.15) is 4.98 Å². The summed E-state index contributed by atoms with van der Waals surface area (Å²) in [6, 6.07) is 5.85. The highest BCUT2D eigenvalue weighted by Gasteiger charge is 2.13. The Morgan fingerprint density at radius 1 is 1.32 bits per heavy atom. The number of unbranched alkanes of at least 4 members (excludes halogenated alkanes) is 1. The molecule has 0 spiro atoms. The van der Waals surface area contributed by atoms with E-state index in [0.29, 0.717) is 18.1 Å². The summed E-state index contributed by atoms with van der Waals surface area (Å²) in [5.41, 5.74) is 1.94. The van der Waals surface area contributed by atoms with Crippen LogP contribution in [0.2, 0.25) is 0 Å². The molecule has 0 aliphatic rings. The van der Waals surface area contributed by atoms with Crippen molar-refractivity contribution in [2.45, 2.75) is 26.2 Å². The molecule has 0 fully saturated rings. The normalized spacial score (nSPS) is 10.7. The fraction of sp³-hybridized carbons (Fsp3) is 0.429. The number of rotatable bonds is 6. The molecular formula is C14H18N2O3. The van der Waals surface area contributed by atoms with Crippen LogP contribution in [0.4, 0.5) is 0 Å². The Hall–Kier alpha value is -1.88. The lowest BCUT2D eigenvalue weighted by Crippen LogP contribution is -1.91. The molecule has 0 bridgehead atoms. The number of methoxy groups -OCH3 is 1. The molecule has 2 rings (SSSR count). The minimum atomic E-state index is 0.187. The van der Waals surface area contributed by atoms with Crippen molar-refractivity contribution in [3.63, 3.8) is 0 Å². The SMILES string of the molecule is COc1cc(C)ccc1-c1noc(CCCCO)n1. The summed E-state index contributed by atoms with van der Waals surface area (Å²) in [5, 5.41) is 12.7. The second-order valence-corrected chi connectivity index (χ2v) is 4.40. The molecule has 1 heterocycles. The zero-order valence-corrected chi connectivity index (χ0v) is 11.2. The van der Waals surface area contributed by atoms with Crippen LogP contribution in [-0.2, 0) is 6.42 Å². The van der Waals surface area contributed by atoms with Crippen molar-refractivity contribution in [3.05, 3.63) is 29.7 Å². The van der Waals surface area contributed by atoms with Crippen molar-refractivity contribution in [2.24, 2.45) is 0 Å². The number of aliphatic hydroxyl groups is 1. The predicted octanol–water partition coefficient (Wildman–Crippen LogP) is 2.37. The number of aromatic nitrogens is 2. The third-order valence-electron chi connectivity index (χ3n) is 2.86. The number of aryl methyl sites for hydroxylation is 2. The van der Waals surface area contributed by atoms with Crippen molar-refractivity contribution in [3.8, 4) is 17.1 Å². The van der Waals surface area contributed by atoms with E-state index in [1.54, 1.807) is 7.11 Å². The van der Waals surface area contributed by atoms with E-state index in [4.69, 9.17) is 14.4 Å². The summed E-state index contributed by atoms with van der Waals surface area (Å²) in [5.74, 6) is 1.87. The summed E-state index contributed by atoms with van der Waals surface area (Å²) in [6.45, 7) is 2.19. The van der Waals surface area contributed by atoms with Gasteiger partial charge in [0, 0.05) is 13.0 Å². The van der Waals surface area contributed by atoms with Gasteiger partial charge in [-0.1, -0.05) is 11.2 Å². The van der Waals surface area contributed by atoms with Crippen molar-refractivity contribution in [1.29, 1.82) is 0 Å². The van der Waals surface area contributed by atoms with Gasteiger partial charge in [0.1, 0.15) is 5.75 Å². The van der Waals surface area contributed by atoms with E-state index < -0.39 is 0 Å². The highest BCUT2D eigenvalue weighted by atomic mass is 16.5. The van der Waals surface area contributed by atoms with E-state index in [9.17, 15) is 0 Å². The molecule has 0 amide bonds. The molecule has 0 atom stereocenters. The minimum Gasteiger partial charge on any atom is -0.496 e. The first-order valence-electron chi connectivity index (χ1n) is 6.33. The largest absolute Gasteiger partial charge is 0.496 e. The Bertz CT molecular complexity index is 537. The van der Waals surface area contributed by atoms with Crippen molar-refractivity contribution in [2.75, 3.05) is 13.7 Å². The van der Waals surface area contributed by atoms with Gasteiger partial charge >= 0.3 is 0 Å². The van der Waals surface area contributed by atoms with Crippen LogP contribution in [0, 0.1) is 6.92 Å². The number of nitrogens with zero attached hydrogens (tertiary/aromatic N) is 2. The Balaban J connectivity index is 2.18. The van der Waals surface area contributed by atoms with E-state index in [2.05, 4.69) is 10.1 Å². The van der Waals surface area contributed by atoms with Gasteiger partial charge in [0.25, 0.3) is 0 Å². The molecule has 0 saturated heterocycles. The first-order chi connectivity index (χ1) is 9.24. The number of hydrogen-bond acceptors (Lipinski definition) is 5. The lowest BCUT2D eigenvalue weighted by Gasteiger charge is -2.05. The fourth-order valence-corrected chi connectivity index (χ4v) is 1.84. The molecule has 5 nitrogen and oxygen atoms in total. The molecule has 102 valence electrons. The Morgan fingerprint density at radius 2 is 2.16 bits per heavy atom. The Morgan fingerprint density at radius 3 is 2.89 bits per heavy atom. The average Bonchev–Trinajstić information content (AvgIpc) is 2.87. The van der Waals surface area contributed by atoms with E-state index in [1.165, 1.54) is 0 Å². The van der Waals surface area contributed by atoms with Crippen LogP contribution < -0.4 is 4.74 Å². The summed E-state index contributed by atoms with van der Waals surface area (Å²) < 4.78 is 10.5. The lowest BCUT2D eigenvalue weighted by atomic mass is 10.1. The third kappa shape index (κ3) is 3.32. The van der Waals surface area contributed by atoms with Gasteiger partial charge in [-0.3, -0.25) is 0 Å². The minimum absolute atomic E-state index is 0.187. The number of ether oxygens (including phenoxy) is 1. The van der Waals surface area contributed by atoms with Gasteiger partial charge in [0.05, 0.1) is 12.7 Å². The molecule has 0 aliphatic heterocycles. The van der Waals surface area contributed by atoms with Crippen LogP contribution in [-0.4, -0.2) is 29.0 Å². The van der Waals surface area contributed by atoms with E-state index >= 15 is 0 Å². The van der Waals surface area contributed by atoms with Crippen LogP contribution in [0.25, 0.3) is 11.4 Å². The molecule has 0 unspecified atom stereocenters. The topological polar surface area (TPSA) is 68.4 Å². The number of aliphatic hydroxyl groups excluding tert-OH is 1. The highest BCUT2D eigenvalue weighted by molar-refractivity contribution is 5.64. The maximum atomic E-state index is 8.74. The smallest absolute Gasteiger partial charge is 0.226 e. The predicted molar refractivity (Wildman–Crippen MR) is 71.0 cm³/mol. The van der Waals surface area contributed by atoms with E-state index in [1.807, 2.05) is 25.1 Å². The van der Waals surface area contributed by atoms with E-state index in [0.717, 1.165) is 29.7 Å². The Labute approximate surface area is 112 Å². The van der Waals surface area contributed by atoms with Gasteiger partial charge in [-0.05, 0) is 37.5 Å². The maximum absolute atomic E-state index is 8.74. The average molecular weight is 262 g/mol. The lowest BCUT2D eigenvalue weighted by molar-refractivity contribution is 0.281. The Kier molecular flexibility index (Phi) is 4.52. The molecule has 0 saturated carbocycles. The van der Waals surface area contributed by atoms with Crippen molar-refractivity contribution >= 4 is 0 Å². The second kappa shape index (κ2) is 6.33. The molecule has 1 aromatic heterocycles. The second-order valence-electron chi connectivity index (χ2n) is 4.40. The first-order valence-corrected chi connectivity index (χ1v) is 6.33. The monoisotopic (exact) mass is 262 g/mol. The molecule has 1 N–H and O–H groups in total. The van der Waals surface area contributed by atoms with E-state index in [-0.39, 0.29) is 6.61 Å². The third-order valence-corrected chi connectivity index (χ3v) is 2.86. The maximum Gasteiger partial charge on any atom is 0.226 e. The molecule has 2 aromatic rings. The fourth-order valence-electron chi connectivity index (χ4n) is 1.84. The molecular weight excluding hydrogens is 244 g/mol. The zero-order chi connectivity index (χ0) is 13.7. The van der Waals surface area contributed by atoms with Crippen LogP contribution in [0.15, 0.2) is 22.7 Å². The van der Waals surface area contributed by atoms with Crippen LogP contribution in [0.1, 0.15) is 24.3 Å². The highest BCUT2D eigenvalue weighted by Crippen LogP contribution is 2.28. The molecule has 19 heavy (non-hydrogen) atoms. The van der Waals surface area contributed by atoms with Crippen LogP contribution in [0.5, 0.6) is 5.75 Å². The van der Waals surface area contributed by atoms with Gasteiger partial charge in [-0.15, -0.1) is 0 Å². The van der Waals surface area contributed by atoms with Crippen LogP contribution >= 0.6 is 0 Å². The van der Waals surface area contributed by atoms with Crippen LogP contribution in [0.3, 0.4) is 0 Å². The molecule has 1 aromatic carbocycles. The molecule has 5 heteroatoms. The van der Waals surface area contributed by atoms with Gasteiger partial charge in [0.15, 0.2) is 0 Å². The van der Waals surface area contributed by atoms with Gasteiger partial charge in [-0.25, -0.2) is 0 Å². The standard InChI is InChI=1S/C14H18N2O3/c1-10-6-7-11(12(9-10)18-2)14-15-13(19-16-14)5-3-4-8-17/h6-7,9,17H,3-5,8H2,1-2H3. The molecule has 0 aliphatic carbocycles. The quantitative estimate of drug-likeness (QED) is 0.809. The summed E-state index contributed by atoms with van der Waals surface area (Å²) in [4.78, 5) is 4.35. The summed E-state index contributed by atoms with van der Waals surface area (Å²) in [7, 11) is 1.63. The number of hydrogen-bond donors (Lipinski definition) is 1. The van der Waals surface area contributed by atoms with Gasteiger partial charge < -0.3 is 14.4 Å². The van der Waals surface area contributed by atoms with Crippen molar-refractivity contribution < 1.29 is 14.4 Å². The summed E-state index contributed by atoms with van der Waals surface area (Å²) in [6.07, 6.45) is 2.26. The van der Waals surface area contributed by atoms with Gasteiger partial charge in [0.2, 0.25) is 11.7 Å². The van der Waals surface area contributed by atoms with Crippen molar-refractivity contribution in [1.82, 2.24) is 10.1 Å². The first kappa shape index (κ1) is 13.5. The molecule has 0 radical (unpaired) electrons. The number of benzene rings is 1. The summed E-state index contributed by atoms with van der Waals surface area (Å²) >= 11 is 0. The zero-order valence-electron chi connectivity index (χ0n) is 11.2.